The van der Waals surface area contributed by atoms with E-state index >= 15 is 0 Å². The maximum absolute atomic E-state index is 11.8. The molecule has 0 fully saturated rings. The van der Waals surface area contributed by atoms with Gasteiger partial charge < -0.3 is 11.1 Å². The molecule has 0 spiro atoms. The van der Waals surface area contributed by atoms with Crippen molar-refractivity contribution in [3.8, 4) is 0 Å². The number of unbranched alkanes of at least 4 members (excludes halogenated alkanes) is 2. The quantitative estimate of drug-likeness (QED) is 0.566. The molecule has 118 valence electrons. The molecule has 0 aliphatic carbocycles. The molecule has 1 amide bonds. The molecule has 0 aromatic heterocycles. The van der Waals surface area contributed by atoms with E-state index in [1.54, 1.807) is 12.1 Å². The summed E-state index contributed by atoms with van der Waals surface area (Å²) in [6, 6.07) is 4.73. The van der Waals surface area contributed by atoms with Gasteiger partial charge in [0, 0.05) is 12.1 Å². The van der Waals surface area contributed by atoms with Gasteiger partial charge in [-0.2, -0.15) is 0 Å². The van der Waals surface area contributed by atoms with Crippen LogP contribution in [0, 0.1) is 0 Å². The zero-order chi connectivity index (χ0) is 15.9. The van der Waals surface area contributed by atoms with Crippen molar-refractivity contribution >= 4 is 38.7 Å². The second kappa shape index (κ2) is 8.24. The Bertz CT molecular complexity index is 588. The van der Waals surface area contributed by atoms with Gasteiger partial charge in [0.2, 0.25) is 5.91 Å². The molecule has 3 N–H and O–H groups in total. The molecule has 1 aromatic carbocycles. The molecule has 0 unspecified atom stereocenters. The molecule has 21 heavy (non-hydrogen) atoms. The fraction of sp³-hybridized carbons (Fsp3) is 0.500. The van der Waals surface area contributed by atoms with Crippen molar-refractivity contribution in [1.29, 1.82) is 0 Å². The highest BCUT2D eigenvalue weighted by Crippen LogP contribution is 2.24. The summed E-state index contributed by atoms with van der Waals surface area (Å²) >= 11 is 5.94. The Morgan fingerprint density at radius 2 is 2.00 bits per heavy atom. The van der Waals surface area contributed by atoms with Crippen molar-refractivity contribution in [1.82, 2.24) is 0 Å². The van der Waals surface area contributed by atoms with E-state index in [-0.39, 0.29) is 23.8 Å². The number of hydrogen-bond donors (Lipinski definition) is 2. The molecule has 1 aromatic rings. The number of nitrogens with one attached hydrogen (secondary N) is 1. The summed E-state index contributed by atoms with van der Waals surface area (Å²) in [4.78, 5) is 11.8. The lowest BCUT2D eigenvalue weighted by atomic mass is 10.3. The number of benzene rings is 1. The molecule has 0 saturated heterocycles. The minimum absolute atomic E-state index is 0.0742. The highest BCUT2D eigenvalue weighted by molar-refractivity contribution is 7.91. The number of rotatable bonds is 8. The van der Waals surface area contributed by atoms with E-state index in [4.69, 9.17) is 17.3 Å². The maximum atomic E-state index is 11.8. The van der Waals surface area contributed by atoms with Crippen LogP contribution >= 0.6 is 11.6 Å². The van der Waals surface area contributed by atoms with Gasteiger partial charge in [0.25, 0.3) is 0 Å². The van der Waals surface area contributed by atoms with Crippen LogP contribution in [0.4, 0.5) is 11.4 Å². The normalized spacial score (nSPS) is 11.3. The van der Waals surface area contributed by atoms with Crippen molar-refractivity contribution in [3.63, 3.8) is 0 Å². The summed E-state index contributed by atoms with van der Waals surface area (Å²) in [6.07, 6.45) is 2.41. The third kappa shape index (κ3) is 6.82. The van der Waals surface area contributed by atoms with E-state index < -0.39 is 9.84 Å². The summed E-state index contributed by atoms with van der Waals surface area (Å²) in [5.41, 5.74) is 6.48. The topological polar surface area (TPSA) is 89.3 Å². The van der Waals surface area contributed by atoms with Crippen LogP contribution in [-0.4, -0.2) is 25.8 Å². The van der Waals surface area contributed by atoms with Crippen molar-refractivity contribution in [2.45, 2.75) is 32.6 Å². The van der Waals surface area contributed by atoms with Crippen molar-refractivity contribution in [2.75, 3.05) is 22.6 Å². The first-order chi connectivity index (χ1) is 9.84. The van der Waals surface area contributed by atoms with Crippen molar-refractivity contribution < 1.29 is 13.2 Å². The lowest BCUT2D eigenvalue weighted by molar-refractivity contribution is -0.115. The summed E-state index contributed by atoms with van der Waals surface area (Å²) in [7, 11) is -3.17. The molecule has 7 heteroatoms. The van der Waals surface area contributed by atoms with Crippen LogP contribution in [0.25, 0.3) is 0 Å². The van der Waals surface area contributed by atoms with Gasteiger partial charge in [-0.1, -0.05) is 31.4 Å². The van der Waals surface area contributed by atoms with Crippen LogP contribution < -0.4 is 11.1 Å². The SMILES string of the molecule is CCCCCS(=O)(=O)CCC(=O)Nc1ccc(N)cc1Cl. The van der Waals surface area contributed by atoms with Crippen LogP contribution in [-0.2, 0) is 14.6 Å². The second-order valence-electron chi connectivity index (χ2n) is 4.90. The van der Waals surface area contributed by atoms with E-state index in [9.17, 15) is 13.2 Å². The largest absolute Gasteiger partial charge is 0.399 e. The molecular weight excluding hydrogens is 312 g/mol. The molecule has 5 nitrogen and oxygen atoms in total. The number of anilines is 2. The van der Waals surface area contributed by atoms with Gasteiger partial charge in [0.1, 0.15) is 0 Å². The van der Waals surface area contributed by atoms with Gasteiger partial charge in [-0.05, 0) is 24.6 Å². The summed E-state index contributed by atoms with van der Waals surface area (Å²) in [5.74, 6) is -0.382. The van der Waals surface area contributed by atoms with Gasteiger partial charge >= 0.3 is 0 Å². The van der Waals surface area contributed by atoms with Crippen LogP contribution in [0.1, 0.15) is 32.6 Å². The number of nitrogens with two attached hydrogens (primary N) is 1. The molecule has 0 aliphatic heterocycles. The number of carbonyl (C=O) groups excluding carboxylic acids is 1. The predicted octanol–water partition coefficient (Wildman–Crippen LogP) is 2.86. The number of amides is 1. The van der Waals surface area contributed by atoms with E-state index in [1.807, 2.05) is 6.92 Å². The molecule has 0 heterocycles. The number of nitrogen functional groups attached to an aromatic ring is 1. The second-order valence-corrected chi connectivity index (χ2v) is 7.61. The smallest absolute Gasteiger partial charge is 0.225 e. The average Bonchev–Trinajstić information content (AvgIpc) is 2.40. The Labute approximate surface area is 130 Å². The first-order valence-corrected chi connectivity index (χ1v) is 9.09. The van der Waals surface area contributed by atoms with Crippen LogP contribution in [0.15, 0.2) is 18.2 Å². The third-order valence-corrected chi connectivity index (χ3v) is 5.02. The molecular formula is C14H21ClN2O3S. The number of halogens is 1. The fourth-order valence-electron chi connectivity index (χ4n) is 1.77. The first-order valence-electron chi connectivity index (χ1n) is 6.89. The number of sulfone groups is 1. The monoisotopic (exact) mass is 332 g/mol. The Hall–Kier alpha value is -1.27. The van der Waals surface area contributed by atoms with Gasteiger partial charge in [-0.3, -0.25) is 4.79 Å². The minimum Gasteiger partial charge on any atom is -0.399 e. The molecule has 0 saturated carbocycles. The van der Waals surface area contributed by atoms with E-state index in [1.165, 1.54) is 6.07 Å². The standard InChI is InChI=1S/C14H21ClN2O3S/c1-2-3-4-8-21(19,20)9-7-14(18)17-13-6-5-11(16)10-12(13)15/h5-6,10H,2-4,7-9,16H2,1H3,(H,17,18). The number of hydrogen-bond acceptors (Lipinski definition) is 4. The van der Waals surface area contributed by atoms with Gasteiger partial charge in [-0.15, -0.1) is 0 Å². The first kappa shape index (κ1) is 17.8. The maximum Gasteiger partial charge on any atom is 0.225 e. The third-order valence-electron chi connectivity index (χ3n) is 2.97. The number of carbonyl (C=O) groups is 1. The summed E-state index contributed by atoms with van der Waals surface area (Å²) < 4.78 is 23.5. The molecule has 0 atom stereocenters. The molecule has 1 rings (SSSR count). The minimum atomic E-state index is -3.17. The Morgan fingerprint density at radius 1 is 1.29 bits per heavy atom. The van der Waals surface area contributed by atoms with Crippen LogP contribution in [0.5, 0.6) is 0 Å². The van der Waals surface area contributed by atoms with Gasteiger partial charge in [-0.25, -0.2) is 8.42 Å². The lowest BCUT2D eigenvalue weighted by Crippen LogP contribution is -2.19. The molecule has 0 aliphatic rings. The fourth-order valence-corrected chi connectivity index (χ4v) is 3.35. The van der Waals surface area contributed by atoms with Gasteiger partial charge in [0.05, 0.1) is 22.2 Å². The average molecular weight is 333 g/mol. The van der Waals surface area contributed by atoms with Crippen LogP contribution in [0.3, 0.4) is 0 Å². The van der Waals surface area contributed by atoms with Crippen molar-refractivity contribution in [3.05, 3.63) is 23.2 Å². The zero-order valence-corrected chi connectivity index (χ0v) is 13.6. The van der Waals surface area contributed by atoms with E-state index in [2.05, 4.69) is 5.32 Å². The Kier molecular flexibility index (Phi) is 6.98. The van der Waals surface area contributed by atoms with Crippen molar-refractivity contribution in [2.24, 2.45) is 0 Å². The highest BCUT2D eigenvalue weighted by Gasteiger charge is 2.14. The van der Waals surface area contributed by atoms with E-state index in [0.29, 0.717) is 22.8 Å². The zero-order valence-electron chi connectivity index (χ0n) is 12.1. The molecule has 0 radical (unpaired) electrons. The van der Waals surface area contributed by atoms with E-state index in [0.717, 1.165) is 12.8 Å². The Balaban J connectivity index is 2.47. The highest BCUT2D eigenvalue weighted by atomic mass is 35.5. The molecule has 0 bridgehead atoms. The lowest BCUT2D eigenvalue weighted by Gasteiger charge is -2.08. The summed E-state index contributed by atoms with van der Waals surface area (Å²) in [6.45, 7) is 2.01. The van der Waals surface area contributed by atoms with Gasteiger partial charge in [0.15, 0.2) is 9.84 Å². The predicted molar refractivity (Wildman–Crippen MR) is 87.3 cm³/mol. The Morgan fingerprint density at radius 3 is 2.62 bits per heavy atom. The summed E-state index contributed by atoms with van der Waals surface area (Å²) in [5, 5.41) is 2.91. The van der Waals surface area contributed by atoms with Crippen LogP contribution in [0.2, 0.25) is 5.02 Å².